The quantitative estimate of drug-likeness (QED) is 0.779. The molecule has 0 aliphatic carbocycles. The van der Waals surface area contributed by atoms with E-state index in [4.69, 9.17) is 11.6 Å². The van der Waals surface area contributed by atoms with Crippen LogP contribution in [0.1, 0.15) is 17.3 Å². The molecule has 16 heavy (non-hydrogen) atoms. The molecule has 0 spiro atoms. The molecule has 0 aromatic heterocycles. The molecule has 1 aromatic carbocycles. The van der Waals surface area contributed by atoms with E-state index in [0.29, 0.717) is 17.1 Å². The SMILES string of the molecule is C=C(C)CN(C)C(=O)c1cc(Cl)ccc1Br. The summed E-state index contributed by atoms with van der Waals surface area (Å²) in [5.41, 5.74) is 1.50. The van der Waals surface area contributed by atoms with Gasteiger partial charge in [-0.05, 0) is 41.1 Å². The first-order valence-corrected chi connectivity index (χ1v) is 5.94. The van der Waals surface area contributed by atoms with Crippen molar-refractivity contribution in [2.24, 2.45) is 0 Å². The van der Waals surface area contributed by atoms with Crippen LogP contribution in [0.15, 0.2) is 34.8 Å². The van der Waals surface area contributed by atoms with Gasteiger partial charge in [-0.1, -0.05) is 23.8 Å². The summed E-state index contributed by atoms with van der Waals surface area (Å²) in [6.45, 7) is 6.20. The number of halogens is 2. The first-order valence-electron chi connectivity index (χ1n) is 4.76. The van der Waals surface area contributed by atoms with Crippen molar-refractivity contribution >= 4 is 33.4 Å². The lowest BCUT2D eigenvalue weighted by Crippen LogP contribution is -2.28. The summed E-state index contributed by atoms with van der Waals surface area (Å²) in [6.07, 6.45) is 0. The zero-order valence-corrected chi connectivity index (χ0v) is 11.6. The average Bonchev–Trinajstić information content (AvgIpc) is 2.19. The Kier molecular flexibility index (Phi) is 4.56. The monoisotopic (exact) mass is 301 g/mol. The van der Waals surface area contributed by atoms with E-state index in [2.05, 4.69) is 22.5 Å². The van der Waals surface area contributed by atoms with Gasteiger partial charge in [-0.15, -0.1) is 0 Å². The van der Waals surface area contributed by atoms with Gasteiger partial charge in [-0.25, -0.2) is 0 Å². The Morgan fingerprint density at radius 1 is 1.56 bits per heavy atom. The van der Waals surface area contributed by atoms with Crippen LogP contribution in [0.25, 0.3) is 0 Å². The minimum absolute atomic E-state index is 0.0719. The number of nitrogens with zero attached hydrogens (tertiary/aromatic N) is 1. The van der Waals surface area contributed by atoms with E-state index in [0.717, 1.165) is 10.0 Å². The van der Waals surface area contributed by atoms with Gasteiger partial charge in [0, 0.05) is 23.1 Å². The van der Waals surface area contributed by atoms with E-state index >= 15 is 0 Å². The second-order valence-electron chi connectivity index (χ2n) is 3.74. The van der Waals surface area contributed by atoms with Gasteiger partial charge >= 0.3 is 0 Å². The molecule has 1 rings (SSSR count). The van der Waals surface area contributed by atoms with Gasteiger partial charge in [0.15, 0.2) is 0 Å². The van der Waals surface area contributed by atoms with E-state index in [1.165, 1.54) is 0 Å². The summed E-state index contributed by atoms with van der Waals surface area (Å²) in [7, 11) is 1.74. The summed E-state index contributed by atoms with van der Waals surface area (Å²) in [5, 5.41) is 0.551. The van der Waals surface area contributed by atoms with Crippen LogP contribution in [0.4, 0.5) is 0 Å². The molecular formula is C12H13BrClNO. The molecule has 0 aliphatic heterocycles. The van der Waals surface area contributed by atoms with Crippen LogP contribution in [0.3, 0.4) is 0 Å². The van der Waals surface area contributed by atoms with Crippen molar-refractivity contribution in [2.45, 2.75) is 6.92 Å². The van der Waals surface area contributed by atoms with Crippen LogP contribution in [-0.2, 0) is 0 Å². The van der Waals surface area contributed by atoms with Crippen molar-refractivity contribution in [3.05, 3.63) is 45.4 Å². The highest BCUT2D eigenvalue weighted by Gasteiger charge is 2.15. The molecule has 0 N–H and O–H groups in total. The molecule has 86 valence electrons. The third-order valence-electron chi connectivity index (χ3n) is 2.01. The molecule has 0 atom stereocenters. The molecule has 0 bridgehead atoms. The third-order valence-corrected chi connectivity index (χ3v) is 2.94. The highest BCUT2D eigenvalue weighted by molar-refractivity contribution is 9.10. The van der Waals surface area contributed by atoms with Gasteiger partial charge in [0.2, 0.25) is 0 Å². The highest BCUT2D eigenvalue weighted by Crippen LogP contribution is 2.22. The number of carbonyl (C=O) groups excluding carboxylic acids is 1. The van der Waals surface area contributed by atoms with Crippen LogP contribution in [-0.4, -0.2) is 24.4 Å². The summed E-state index contributed by atoms with van der Waals surface area (Å²) < 4.78 is 0.746. The Balaban J connectivity index is 2.95. The van der Waals surface area contributed by atoms with Crippen molar-refractivity contribution in [1.29, 1.82) is 0 Å². The van der Waals surface area contributed by atoms with Gasteiger partial charge < -0.3 is 4.90 Å². The van der Waals surface area contributed by atoms with Crippen molar-refractivity contribution in [2.75, 3.05) is 13.6 Å². The molecule has 0 saturated carbocycles. The fourth-order valence-electron chi connectivity index (χ4n) is 1.34. The average molecular weight is 303 g/mol. The van der Waals surface area contributed by atoms with Crippen LogP contribution >= 0.6 is 27.5 Å². The van der Waals surface area contributed by atoms with Gasteiger partial charge in [-0.3, -0.25) is 4.79 Å². The molecule has 0 heterocycles. The normalized spacial score (nSPS) is 10.0. The zero-order valence-electron chi connectivity index (χ0n) is 9.26. The lowest BCUT2D eigenvalue weighted by molar-refractivity contribution is 0.0806. The standard InChI is InChI=1S/C12H13BrClNO/c1-8(2)7-15(3)12(16)10-6-9(14)4-5-11(10)13/h4-6H,1,7H2,2-3H3. The third kappa shape index (κ3) is 3.35. The lowest BCUT2D eigenvalue weighted by atomic mass is 10.2. The fraction of sp³-hybridized carbons (Fsp3) is 0.250. The van der Waals surface area contributed by atoms with E-state index in [-0.39, 0.29) is 5.91 Å². The number of carbonyl (C=O) groups is 1. The molecule has 1 aromatic rings. The maximum absolute atomic E-state index is 12.0. The molecule has 0 unspecified atom stereocenters. The van der Waals surface area contributed by atoms with Crippen molar-refractivity contribution < 1.29 is 4.79 Å². The fourth-order valence-corrected chi connectivity index (χ4v) is 1.93. The number of amides is 1. The molecule has 0 fully saturated rings. The molecule has 0 aliphatic rings. The van der Waals surface area contributed by atoms with Gasteiger partial charge in [-0.2, -0.15) is 0 Å². The van der Waals surface area contributed by atoms with Crippen LogP contribution in [0.5, 0.6) is 0 Å². The molecule has 4 heteroatoms. The van der Waals surface area contributed by atoms with Crippen molar-refractivity contribution in [1.82, 2.24) is 4.90 Å². The molecule has 0 saturated heterocycles. The van der Waals surface area contributed by atoms with Gasteiger partial charge in [0.1, 0.15) is 0 Å². The molecule has 1 amide bonds. The highest BCUT2D eigenvalue weighted by atomic mass is 79.9. The maximum atomic E-state index is 12.0. The first kappa shape index (κ1) is 13.3. The predicted molar refractivity (Wildman–Crippen MR) is 70.9 cm³/mol. The van der Waals surface area contributed by atoms with Crippen LogP contribution in [0, 0.1) is 0 Å². The summed E-state index contributed by atoms with van der Waals surface area (Å²) >= 11 is 9.20. The Hall–Kier alpha value is -0.800. The number of hydrogen-bond donors (Lipinski definition) is 0. The zero-order chi connectivity index (χ0) is 12.3. The van der Waals surface area contributed by atoms with Crippen LogP contribution < -0.4 is 0 Å². The lowest BCUT2D eigenvalue weighted by Gasteiger charge is -2.18. The summed E-state index contributed by atoms with van der Waals surface area (Å²) in [6, 6.07) is 5.16. The topological polar surface area (TPSA) is 20.3 Å². The second kappa shape index (κ2) is 5.51. The van der Waals surface area contributed by atoms with Crippen molar-refractivity contribution in [3.8, 4) is 0 Å². The smallest absolute Gasteiger partial charge is 0.255 e. The van der Waals surface area contributed by atoms with Crippen molar-refractivity contribution in [3.63, 3.8) is 0 Å². The van der Waals surface area contributed by atoms with E-state index in [9.17, 15) is 4.79 Å². The number of benzene rings is 1. The molecular weight excluding hydrogens is 289 g/mol. The number of hydrogen-bond acceptors (Lipinski definition) is 1. The Labute approximate surface area is 109 Å². The number of rotatable bonds is 3. The van der Waals surface area contributed by atoms with E-state index < -0.39 is 0 Å². The van der Waals surface area contributed by atoms with E-state index in [1.807, 2.05) is 6.92 Å². The first-order chi connectivity index (χ1) is 7.41. The van der Waals surface area contributed by atoms with Crippen LogP contribution in [0.2, 0.25) is 5.02 Å². The molecule has 2 nitrogen and oxygen atoms in total. The Morgan fingerprint density at radius 3 is 2.75 bits per heavy atom. The second-order valence-corrected chi connectivity index (χ2v) is 5.03. The maximum Gasteiger partial charge on any atom is 0.255 e. The number of likely N-dealkylation sites (N-methyl/N-ethyl adjacent to an activating group) is 1. The van der Waals surface area contributed by atoms with Gasteiger partial charge in [0.05, 0.1) is 5.56 Å². The summed E-state index contributed by atoms with van der Waals surface area (Å²) in [4.78, 5) is 13.7. The largest absolute Gasteiger partial charge is 0.338 e. The van der Waals surface area contributed by atoms with Gasteiger partial charge in [0.25, 0.3) is 5.91 Å². The predicted octanol–water partition coefficient (Wildman–Crippen LogP) is 3.75. The minimum atomic E-state index is -0.0719. The summed E-state index contributed by atoms with van der Waals surface area (Å²) in [5.74, 6) is -0.0719. The Bertz CT molecular complexity index is 431. The minimum Gasteiger partial charge on any atom is -0.338 e. The van der Waals surface area contributed by atoms with E-state index in [1.54, 1.807) is 30.1 Å². The Morgan fingerprint density at radius 2 is 2.19 bits per heavy atom. The molecule has 0 radical (unpaired) electrons.